The zero-order valence-corrected chi connectivity index (χ0v) is 20.0. The molecule has 0 radical (unpaired) electrons. The lowest BCUT2D eigenvalue weighted by Gasteiger charge is -2.44. The van der Waals surface area contributed by atoms with Crippen LogP contribution in [-0.2, 0) is 13.6 Å². The normalized spacial score (nSPS) is 16.4. The fourth-order valence-electron chi connectivity index (χ4n) is 1.89. The van der Waals surface area contributed by atoms with Gasteiger partial charge in [-0.15, -0.1) is 6.58 Å². The largest absolute Gasteiger partial charge is 0.479 e. The minimum atomic E-state index is -2.23. The summed E-state index contributed by atoms with van der Waals surface area (Å²) in [4.78, 5) is 12.1. The second kappa shape index (κ2) is 8.50. The van der Waals surface area contributed by atoms with Crippen LogP contribution in [0.3, 0.4) is 0 Å². The average molecular weight is 389 g/mol. The van der Waals surface area contributed by atoms with Crippen molar-refractivity contribution >= 4 is 22.6 Å². The van der Waals surface area contributed by atoms with Crippen molar-refractivity contribution in [3.8, 4) is 0 Å². The maximum absolute atomic E-state index is 12.1. The maximum Gasteiger partial charge on any atom is 0.334 e. The summed E-state index contributed by atoms with van der Waals surface area (Å²) in [6.07, 6.45) is 1.75. The third kappa shape index (κ3) is 7.00. The number of hydrogen-bond acceptors (Lipinski definition) is 3. The van der Waals surface area contributed by atoms with Gasteiger partial charge in [0, 0.05) is 0 Å². The molecule has 0 saturated heterocycles. The Balaban J connectivity index is 5.69. The quantitative estimate of drug-likeness (QED) is 0.399. The molecule has 0 fully saturated rings. The molecule has 0 aromatic heterocycles. The minimum absolute atomic E-state index is 0.0133. The second-order valence-corrected chi connectivity index (χ2v) is 19.4. The molecule has 0 spiro atoms. The summed E-state index contributed by atoms with van der Waals surface area (Å²) in [5.41, 5.74) is 0. The lowest BCUT2D eigenvalue weighted by atomic mass is 10.1. The summed E-state index contributed by atoms with van der Waals surface area (Å²) in [6.45, 7) is 25.1. The van der Waals surface area contributed by atoms with Crippen molar-refractivity contribution in [3.05, 3.63) is 12.7 Å². The molecule has 2 atom stereocenters. The molecule has 1 N–H and O–H groups in total. The van der Waals surface area contributed by atoms with Crippen LogP contribution in [0.25, 0.3) is 0 Å². The van der Waals surface area contributed by atoms with Gasteiger partial charge in [0.25, 0.3) is 0 Å². The van der Waals surface area contributed by atoms with Gasteiger partial charge in [0.15, 0.2) is 22.7 Å². The van der Waals surface area contributed by atoms with Gasteiger partial charge in [-0.1, -0.05) is 47.6 Å². The van der Waals surface area contributed by atoms with Crippen LogP contribution in [0.4, 0.5) is 0 Å². The predicted molar refractivity (Wildman–Crippen MR) is 111 cm³/mol. The molecule has 0 aliphatic rings. The Hall–Kier alpha value is -0.436. The topological polar surface area (TPSA) is 55.8 Å². The van der Waals surface area contributed by atoms with E-state index in [1.54, 1.807) is 0 Å². The number of allylic oxidation sites excluding steroid dienone is 1. The van der Waals surface area contributed by atoms with Gasteiger partial charge >= 0.3 is 5.97 Å². The molecule has 0 aliphatic heterocycles. The molecule has 0 amide bonds. The smallest absolute Gasteiger partial charge is 0.334 e. The van der Waals surface area contributed by atoms with E-state index in [2.05, 4.69) is 74.3 Å². The Morgan fingerprint density at radius 2 is 1.40 bits per heavy atom. The SMILES string of the molecule is C=CCC[C@H](O[Si](C)(C)C(C)(C)C)[C@H](O[Si](C)(C)C(C)(C)C)C(=O)O. The molecule has 0 aromatic rings. The predicted octanol–water partition coefficient (Wildman–Crippen LogP) is 5.82. The third-order valence-corrected chi connectivity index (χ3v) is 14.7. The minimum Gasteiger partial charge on any atom is -0.479 e. The molecule has 0 heterocycles. The van der Waals surface area contributed by atoms with Gasteiger partial charge in [-0.2, -0.15) is 0 Å². The molecule has 0 bridgehead atoms. The first-order chi connectivity index (χ1) is 11.0. The van der Waals surface area contributed by atoms with E-state index in [0.29, 0.717) is 12.8 Å². The van der Waals surface area contributed by atoms with E-state index in [1.807, 2.05) is 6.08 Å². The fraction of sp³-hybridized carbons (Fsp3) is 0.842. The van der Waals surface area contributed by atoms with Crippen LogP contribution < -0.4 is 0 Å². The zero-order valence-electron chi connectivity index (χ0n) is 18.0. The standard InChI is InChI=1S/C19H40O4Si2/c1-12-13-14-15(22-24(8,9)18(2,3)4)16(17(20)21)23-25(10,11)19(5,6)7/h12,15-16H,1,13-14H2,2-11H3,(H,20,21)/t15-,16-/m0/s1. The van der Waals surface area contributed by atoms with Crippen molar-refractivity contribution in [1.29, 1.82) is 0 Å². The van der Waals surface area contributed by atoms with Gasteiger partial charge in [-0.25, -0.2) is 4.79 Å². The zero-order chi connectivity index (χ0) is 20.3. The molecule has 25 heavy (non-hydrogen) atoms. The molecule has 0 rings (SSSR count). The van der Waals surface area contributed by atoms with Gasteiger partial charge in [0.2, 0.25) is 0 Å². The highest BCUT2D eigenvalue weighted by Crippen LogP contribution is 2.41. The van der Waals surface area contributed by atoms with Crippen LogP contribution in [0.15, 0.2) is 12.7 Å². The Labute approximate surface area is 157 Å². The van der Waals surface area contributed by atoms with E-state index < -0.39 is 34.8 Å². The molecule has 148 valence electrons. The lowest BCUT2D eigenvalue weighted by molar-refractivity contribution is -0.151. The molecular formula is C19H40O4Si2. The Morgan fingerprint density at radius 3 is 1.72 bits per heavy atom. The van der Waals surface area contributed by atoms with Crippen molar-refractivity contribution in [2.24, 2.45) is 0 Å². The monoisotopic (exact) mass is 388 g/mol. The second-order valence-electron chi connectivity index (χ2n) is 9.92. The van der Waals surface area contributed by atoms with E-state index in [4.69, 9.17) is 8.85 Å². The first-order valence-corrected chi connectivity index (χ1v) is 15.0. The summed E-state index contributed by atoms with van der Waals surface area (Å²) in [5.74, 6) is -0.933. The summed E-state index contributed by atoms with van der Waals surface area (Å²) in [6, 6.07) is 0. The molecule has 4 nitrogen and oxygen atoms in total. The van der Waals surface area contributed by atoms with Crippen LogP contribution in [0, 0.1) is 0 Å². The van der Waals surface area contributed by atoms with Gasteiger partial charge in [-0.3, -0.25) is 0 Å². The summed E-state index contributed by atoms with van der Waals surface area (Å²) in [7, 11) is -4.34. The van der Waals surface area contributed by atoms with Crippen LogP contribution in [0.1, 0.15) is 54.4 Å². The number of carbonyl (C=O) groups is 1. The van der Waals surface area contributed by atoms with Crippen molar-refractivity contribution in [2.75, 3.05) is 0 Å². The number of rotatable bonds is 9. The Morgan fingerprint density at radius 1 is 1.00 bits per heavy atom. The highest BCUT2D eigenvalue weighted by atomic mass is 28.4. The van der Waals surface area contributed by atoms with Gasteiger partial charge in [0.1, 0.15) is 0 Å². The van der Waals surface area contributed by atoms with Crippen LogP contribution in [0.2, 0.25) is 36.3 Å². The van der Waals surface area contributed by atoms with Gasteiger partial charge in [0.05, 0.1) is 6.10 Å². The number of aliphatic carboxylic acids is 1. The van der Waals surface area contributed by atoms with E-state index >= 15 is 0 Å². The van der Waals surface area contributed by atoms with Crippen LogP contribution >= 0.6 is 0 Å². The highest BCUT2D eigenvalue weighted by molar-refractivity contribution is 6.74. The molecule has 0 aliphatic carbocycles. The molecular weight excluding hydrogens is 348 g/mol. The molecule has 0 unspecified atom stereocenters. The van der Waals surface area contributed by atoms with Crippen molar-refractivity contribution < 1.29 is 18.8 Å². The number of hydrogen-bond donors (Lipinski definition) is 1. The van der Waals surface area contributed by atoms with Crippen LogP contribution in [0.5, 0.6) is 0 Å². The summed E-state index contributed by atoms with van der Waals surface area (Å²) < 4.78 is 12.8. The van der Waals surface area contributed by atoms with E-state index in [0.717, 1.165) is 0 Å². The maximum atomic E-state index is 12.1. The van der Waals surface area contributed by atoms with Gasteiger partial charge < -0.3 is 14.0 Å². The van der Waals surface area contributed by atoms with E-state index in [1.165, 1.54) is 0 Å². The number of carboxylic acid groups (broad SMARTS) is 1. The Kier molecular flexibility index (Phi) is 8.35. The van der Waals surface area contributed by atoms with Crippen molar-refractivity contribution in [3.63, 3.8) is 0 Å². The first-order valence-electron chi connectivity index (χ1n) is 9.15. The highest BCUT2D eigenvalue weighted by Gasteiger charge is 2.46. The fourth-order valence-corrected chi connectivity index (χ4v) is 4.48. The van der Waals surface area contributed by atoms with Gasteiger partial charge in [-0.05, 0) is 49.1 Å². The summed E-state index contributed by atoms with van der Waals surface area (Å²) in [5, 5.41) is 9.84. The van der Waals surface area contributed by atoms with Crippen molar-refractivity contribution in [2.45, 2.75) is 103 Å². The van der Waals surface area contributed by atoms with E-state index in [-0.39, 0.29) is 10.1 Å². The first kappa shape index (κ1) is 24.6. The third-order valence-electron chi connectivity index (χ3n) is 5.72. The van der Waals surface area contributed by atoms with E-state index in [9.17, 15) is 9.90 Å². The lowest BCUT2D eigenvalue weighted by Crippen LogP contribution is -2.54. The Bertz CT molecular complexity index is 459. The van der Waals surface area contributed by atoms with Crippen molar-refractivity contribution in [1.82, 2.24) is 0 Å². The summed E-state index contributed by atoms with van der Waals surface area (Å²) >= 11 is 0. The molecule has 6 heteroatoms. The molecule has 0 saturated carbocycles. The molecule has 0 aromatic carbocycles. The van der Waals surface area contributed by atoms with Crippen LogP contribution in [-0.4, -0.2) is 39.9 Å². The average Bonchev–Trinajstić information content (AvgIpc) is 2.38. The number of carboxylic acids is 1.